The minimum absolute atomic E-state index is 0.0142. The molecule has 0 unspecified atom stereocenters. The molecule has 0 N–H and O–H groups in total. The van der Waals surface area contributed by atoms with E-state index in [0.29, 0.717) is 13.1 Å². The highest BCUT2D eigenvalue weighted by molar-refractivity contribution is 7.98. The van der Waals surface area contributed by atoms with Gasteiger partial charge in [-0.25, -0.2) is 4.98 Å². The van der Waals surface area contributed by atoms with Gasteiger partial charge in [0.25, 0.3) is 0 Å². The highest BCUT2D eigenvalue weighted by atomic mass is 32.2. The van der Waals surface area contributed by atoms with Crippen molar-refractivity contribution in [3.05, 3.63) is 54.0 Å². The highest BCUT2D eigenvalue weighted by Gasteiger charge is 2.24. The van der Waals surface area contributed by atoms with Crippen molar-refractivity contribution in [3.8, 4) is 0 Å². The number of hydrogen-bond donors (Lipinski definition) is 0. The smallest absolute Gasteiger partial charge is 0.226 e. The molecule has 1 amide bonds. The van der Waals surface area contributed by atoms with E-state index in [4.69, 9.17) is 9.40 Å². The van der Waals surface area contributed by atoms with E-state index in [1.807, 2.05) is 36.0 Å². The molecule has 0 bridgehead atoms. The summed E-state index contributed by atoms with van der Waals surface area (Å²) in [7, 11) is 3.99. The summed E-state index contributed by atoms with van der Waals surface area (Å²) in [5.74, 6) is 1.86. The number of thioether (sulfide) groups is 1. The number of pyridine rings is 1. The summed E-state index contributed by atoms with van der Waals surface area (Å²) in [5, 5.41) is 1.08. The van der Waals surface area contributed by atoms with Crippen molar-refractivity contribution in [2.75, 3.05) is 25.3 Å². The molecule has 2 heterocycles. The molecule has 0 aliphatic rings. The number of aromatic nitrogens is 1. The average Bonchev–Trinajstić information content (AvgIpc) is 3.26. The van der Waals surface area contributed by atoms with E-state index < -0.39 is 0 Å². The second-order valence-electron chi connectivity index (χ2n) is 7.71. The van der Waals surface area contributed by atoms with Crippen molar-refractivity contribution in [3.63, 3.8) is 0 Å². The van der Waals surface area contributed by atoms with Gasteiger partial charge in [-0.15, -0.1) is 11.8 Å². The first-order valence-electron chi connectivity index (χ1n) is 10.4. The summed E-state index contributed by atoms with van der Waals surface area (Å²) in [4.78, 5) is 23.4. The summed E-state index contributed by atoms with van der Waals surface area (Å²) in [5.41, 5.74) is 2.01. The zero-order valence-electron chi connectivity index (χ0n) is 18.5. The lowest BCUT2D eigenvalue weighted by molar-refractivity contribution is -0.137. The first-order valence-corrected chi connectivity index (χ1v) is 11.6. The lowest BCUT2D eigenvalue weighted by Gasteiger charge is -2.28. The molecule has 30 heavy (non-hydrogen) atoms. The minimum atomic E-state index is 0.0142. The fourth-order valence-corrected chi connectivity index (χ4v) is 4.15. The molecule has 0 fully saturated rings. The van der Waals surface area contributed by atoms with Crippen LogP contribution in [-0.2, 0) is 17.9 Å². The zero-order chi connectivity index (χ0) is 21.7. The fourth-order valence-electron chi connectivity index (χ4n) is 3.72. The van der Waals surface area contributed by atoms with Crippen LogP contribution < -0.4 is 4.90 Å². The number of nitrogens with zero attached hydrogens (tertiary/aromatic N) is 3. The van der Waals surface area contributed by atoms with Crippen LogP contribution >= 0.6 is 11.8 Å². The number of fused-ring (bicyclic) bond motifs is 1. The largest absolute Gasteiger partial charge is 0.467 e. The van der Waals surface area contributed by atoms with E-state index in [9.17, 15) is 4.79 Å². The van der Waals surface area contributed by atoms with Gasteiger partial charge in [-0.1, -0.05) is 19.9 Å². The molecule has 0 atom stereocenters. The Kier molecular flexibility index (Phi) is 7.43. The zero-order valence-corrected chi connectivity index (χ0v) is 19.3. The van der Waals surface area contributed by atoms with Crippen molar-refractivity contribution in [2.45, 2.75) is 44.7 Å². The number of furan rings is 1. The van der Waals surface area contributed by atoms with Crippen LogP contribution in [0.15, 0.2) is 52.0 Å². The van der Waals surface area contributed by atoms with Crippen molar-refractivity contribution in [2.24, 2.45) is 5.92 Å². The standard InChI is InChI=1S/C24H31N3O2S/c1-6-17(7-2)24(28)27(16-20-9-8-12-29-20)15-19-13-18-10-11-21(30-5)14-22(18)25-23(19)26(3)4/h8-14,17H,6-7,15-16H2,1-5H3. The van der Waals surface area contributed by atoms with Crippen molar-refractivity contribution in [1.82, 2.24) is 9.88 Å². The van der Waals surface area contributed by atoms with Crippen molar-refractivity contribution in [1.29, 1.82) is 0 Å². The molecule has 0 saturated carbocycles. The van der Waals surface area contributed by atoms with Crippen LogP contribution in [0.4, 0.5) is 5.82 Å². The van der Waals surface area contributed by atoms with E-state index in [1.165, 1.54) is 4.90 Å². The number of amides is 1. The van der Waals surface area contributed by atoms with E-state index in [1.54, 1.807) is 18.0 Å². The Labute approximate surface area is 183 Å². The Balaban J connectivity index is 2.01. The maximum Gasteiger partial charge on any atom is 0.226 e. The molecule has 160 valence electrons. The average molecular weight is 426 g/mol. The Bertz CT molecular complexity index is 982. The van der Waals surface area contributed by atoms with Crippen LogP contribution in [0.3, 0.4) is 0 Å². The van der Waals surface area contributed by atoms with Gasteiger partial charge >= 0.3 is 0 Å². The third-order valence-electron chi connectivity index (χ3n) is 5.44. The summed E-state index contributed by atoms with van der Waals surface area (Å²) >= 11 is 1.71. The quantitative estimate of drug-likeness (QED) is 0.419. The van der Waals surface area contributed by atoms with Crippen molar-refractivity contribution < 1.29 is 9.21 Å². The second kappa shape index (κ2) is 10.0. The highest BCUT2D eigenvalue weighted by Crippen LogP contribution is 2.28. The fraction of sp³-hybridized carbons (Fsp3) is 0.417. The van der Waals surface area contributed by atoms with Crippen LogP contribution in [0.5, 0.6) is 0 Å². The third-order valence-corrected chi connectivity index (χ3v) is 6.16. The van der Waals surface area contributed by atoms with Gasteiger partial charge in [0, 0.05) is 42.4 Å². The normalized spacial score (nSPS) is 11.3. The van der Waals surface area contributed by atoms with Gasteiger partial charge in [-0.2, -0.15) is 0 Å². The van der Waals surface area contributed by atoms with Gasteiger partial charge in [0.05, 0.1) is 18.3 Å². The SMILES string of the molecule is CCC(CC)C(=O)N(Cc1ccco1)Cc1cc2ccc(SC)cc2nc1N(C)C. The van der Waals surface area contributed by atoms with Gasteiger partial charge in [-0.3, -0.25) is 4.79 Å². The van der Waals surface area contributed by atoms with E-state index in [2.05, 4.69) is 44.4 Å². The Morgan fingerprint density at radius 3 is 2.50 bits per heavy atom. The lowest BCUT2D eigenvalue weighted by Crippen LogP contribution is -2.35. The molecule has 0 saturated heterocycles. The molecule has 3 rings (SSSR count). The van der Waals surface area contributed by atoms with Crippen LogP contribution in [0, 0.1) is 5.92 Å². The van der Waals surface area contributed by atoms with Crippen LogP contribution in [0.1, 0.15) is 38.0 Å². The van der Waals surface area contributed by atoms with Crippen LogP contribution in [-0.4, -0.2) is 36.1 Å². The predicted octanol–water partition coefficient (Wildman–Crippen LogP) is 5.58. The lowest BCUT2D eigenvalue weighted by atomic mass is 10.0. The minimum Gasteiger partial charge on any atom is -0.467 e. The van der Waals surface area contributed by atoms with Crippen LogP contribution in [0.25, 0.3) is 10.9 Å². The number of rotatable bonds is 9. The van der Waals surface area contributed by atoms with E-state index in [-0.39, 0.29) is 11.8 Å². The molecule has 0 spiro atoms. The molecular weight excluding hydrogens is 394 g/mol. The summed E-state index contributed by atoms with van der Waals surface area (Å²) in [6.45, 7) is 5.10. The van der Waals surface area contributed by atoms with Crippen molar-refractivity contribution >= 4 is 34.4 Å². The van der Waals surface area contributed by atoms with Crippen LogP contribution in [0.2, 0.25) is 0 Å². The Hall–Kier alpha value is -2.47. The summed E-state index contributed by atoms with van der Waals surface area (Å²) < 4.78 is 5.55. The summed E-state index contributed by atoms with van der Waals surface area (Å²) in [6, 6.07) is 12.3. The molecule has 0 aliphatic carbocycles. The summed E-state index contributed by atoms with van der Waals surface area (Å²) in [6.07, 6.45) is 5.38. The molecule has 2 aromatic heterocycles. The topological polar surface area (TPSA) is 49.6 Å². The van der Waals surface area contributed by atoms with Gasteiger partial charge in [0.1, 0.15) is 11.6 Å². The molecule has 3 aromatic rings. The first kappa shape index (κ1) is 22.2. The Morgan fingerprint density at radius 2 is 1.90 bits per heavy atom. The third kappa shape index (κ3) is 4.98. The van der Waals surface area contributed by atoms with Gasteiger partial charge in [0.15, 0.2) is 0 Å². The molecular formula is C24H31N3O2S. The Morgan fingerprint density at radius 1 is 1.13 bits per heavy atom. The number of hydrogen-bond acceptors (Lipinski definition) is 5. The van der Waals surface area contributed by atoms with E-state index in [0.717, 1.165) is 40.9 Å². The number of carbonyl (C=O) groups is 1. The van der Waals surface area contributed by atoms with E-state index >= 15 is 0 Å². The first-order chi connectivity index (χ1) is 14.5. The number of anilines is 1. The molecule has 1 aromatic carbocycles. The van der Waals surface area contributed by atoms with Gasteiger partial charge < -0.3 is 14.2 Å². The second-order valence-corrected chi connectivity index (χ2v) is 8.59. The number of carbonyl (C=O) groups excluding carboxylic acids is 1. The molecule has 0 radical (unpaired) electrons. The van der Waals surface area contributed by atoms with Gasteiger partial charge in [0.2, 0.25) is 5.91 Å². The van der Waals surface area contributed by atoms with Gasteiger partial charge in [-0.05, 0) is 49.4 Å². The predicted molar refractivity (Wildman–Crippen MR) is 125 cm³/mol. The maximum atomic E-state index is 13.3. The maximum absolute atomic E-state index is 13.3. The molecule has 0 aliphatic heterocycles. The number of benzene rings is 1. The monoisotopic (exact) mass is 425 g/mol. The molecule has 5 nitrogen and oxygen atoms in total. The molecule has 6 heteroatoms.